The third-order valence-corrected chi connectivity index (χ3v) is 5.84. The fraction of sp³-hybridized carbons (Fsp3) is 0.182. The van der Waals surface area contributed by atoms with Crippen LogP contribution in [0.4, 0.5) is 16.5 Å². The van der Waals surface area contributed by atoms with Gasteiger partial charge in [-0.05, 0) is 30.3 Å². The number of anilines is 3. The molecule has 0 saturated carbocycles. The molecule has 0 bridgehead atoms. The highest BCUT2D eigenvalue weighted by Crippen LogP contribution is 2.30. The summed E-state index contributed by atoms with van der Waals surface area (Å²) < 4.78 is 0. The number of carbonyl (C=O) groups is 3. The van der Waals surface area contributed by atoms with Crippen LogP contribution in [0.1, 0.15) is 13.3 Å². The Morgan fingerprint density at radius 2 is 1.94 bits per heavy atom. The molecule has 1 unspecified atom stereocenters. The minimum atomic E-state index is -0.462. The average molecular weight is 455 g/mol. The molecule has 9 heteroatoms. The predicted molar refractivity (Wildman–Crippen MR) is 122 cm³/mol. The monoisotopic (exact) mass is 454 g/mol. The number of nitrogens with one attached hydrogen (secondary N) is 2. The highest BCUT2D eigenvalue weighted by atomic mass is 35.5. The first-order chi connectivity index (χ1) is 14.9. The second kappa shape index (κ2) is 8.87. The minimum absolute atomic E-state index is 0.110. The summed E-state index contributed by atoms with van der Waals surface area (Å²) in [5.41, 5.74) is 2.98. The molecule has 2 heterocycles. The number of thiazole rings is 1. The zero-order valence-corrected chi connectivity index (χ0v) is 18.2. The molecule has 1 fully saturated rings. The molecule has 1 saturated heterocycles. The molecule has 7 nitrogen and oxygen atoms in total. The van der Waals surface area contributed by atoms with Gasteiger partial charge in [0.15, 0.2) is 5.13 Å². The maximum Gasteiger partial charge on any atom is 0.231 e. The normalized spacial score (nSPS) is 15.7. The zero-order valence-electron chi connectivity index (χ0n) is 16.6. The summed E-state index contributed by atoms with van der Waals surface area (Å²) in [5, 5.41) is 8.40. The maximum atomic E-state index is 12.7. The Kier molecular flexibility index (Phi) is 6.01. The molecular weight excluding hydrogens is 436 g/mol. The van der Waals surface area contributed by atoms with Gasteiger partial charge in [-0.25, -0.2) is 4.98 Å². The van der Waals surface area contributed by atoms with Crippen molar-refractivity contribution in [2.75, 3.05) is 22.1 Å². The van der Waals surface area contributed by atoms with Gasteiger partial charge >= 0.3 is 0 Å². The molecule has 0 spiro atoms. The summed E-state index contributed by atoms with van der Waals surface area (Å²) in [7, 11) is 0. The van der Waals surface area contributed by atoms with Gasteiger partial charge in [0, 0.05) is 47.2 Å². The molecule has 0 aliphatic carbocycles. The van der Waals surface area contributed by atoms with E-state index in [1.165, 1.54) is 18.3 Å². The molecule has 3 amide bonds. The third kappa shape index (κ3) is 4.92. The van der Waals surface area contributed by atoms with Gasteiger partial charge in [-0.1, -0.05) is 29.8 Å². The van der Waals surface area contributed by atoms with E-state index in [0.29, 0.717) is 28.1 Å². The highest BCUT2D eigenvalue weighted by Gasteiger charge is 2.35. The molecule has 1 aliphatic rings. The maximum absolute atomic E-state index is 12.7. The van der Waals surface area contributed by atoms with Gasteiger partial charge in [0.05, 0.1) is 11.6 Å². The smallest absolute Gasteiger partial charge is 0.231 e. The molecule has 31 heavy (non-hydrogen) atoms. The van der Waals surface area contributed by atoms with E-state index in [9.17, 15) is 14.4 Å². The van der Waals surface area contributed by atoms with Crippen LogP contribution in [-0.2, 0) is 14.4 Å². The molecule has 1 atom stereocenters. The number of rotatable bonds is 5. The van der Waals surface area contributed by atoms with Crippen LogP contribution in [-0.4, -0.2) is 29.3 Å². The topological polar surface area (TPSA) is 91.4 Å². The summed E-state index contributed by atoms with van der Waals surface area (Å²) in [6.07, 6.45) is 0.140. The zero-order chi connectivity index (χ0) is 22.0. The SMILES string of the molecule is CC(=O)Nc1ccc(-c2csc(NC(=O)C3CC(=O)N(c4cccc(Cl)c4)C3)n2)cc1. The minimum Gasteiger partial charge on any atom is -0.326 e. The largest absolute Gasteiger partial charge is 0.326 e. The molecule has 4 rings (SSSR count). The van der Waals surface area contributed by atoms with E-state index in [4.69, 9.17) is 11.6 Å². The molecule has 2 aromatic carbocycles. The first-order valence-corrected chi connectivity index (χ1v) is 10.8. The standard InChI is InChI=1S/C22H19ClN4O3S/c1-13(28)24-17-7-5-14(6-8-17)19-12-31-22(25-19)26-21(30)15-9-20(29)27(11-15)18-4-2-3-16(23)10-18/h2-8,10,12,15H,9,11H2,1H3,(H,24,28)(H,25,26,30). The Balaban J connectivity index is 1.40. The van der Waals surface area contributed by atoms with E-state index in [1.807, 2.05) is 17.5 Å². The first-order valence-electron chi connectivity index (χ1n) is 9.59. The van der Waals surface area contributed by atoms with Crippen LogP contribution in [0.25, 0.3) is 11.3 Å². The number of halogens is 1. The second-order valence-electron chi connectivity index (χ2n) is 7.17. The van der Waals surface area contributed by atoms with Crippen molar-refractivity contribution in [3.05, 3.63) is 58.9 Å². The molecule has 2 N–H and O–H groups in total. The lowest BCUT2D eigenvalue weighted by molar-refractivity contribution is -0.122. The molecular formula is C22H19ClN4O3S. The Morgan fingerprint density at radius 1 is 1.16 bits per heavy atom. The predicted octanol–water partition coefficient (Wildman–Crippen LogP) is 4.41. The van der Waals surface area contributed by atoms with Crippen molar-refractivity contribution in [3.63, 3.8) is 0 Å². The lowest BCUT2D eigenvalue weighted by Crippen LogP contribution is -2.28. The van der Waals surface area contributed by atoms with Crippen LogP contribution in [0.3, 0.4) is 0 Å². The molecule has 1 aliphatic heterocycles. The van der Waals surface area contributed by atoms with Gasteiger partial charge in [0.2, 0.25) is 17.7 Å². The van der Waals surface area contributed by atoms with Crippen molar-refractivity contribution in [1.82, 2.24) is 4.98 Å². The number of carbonyl (C=O) groups excluding carboxylic acids is 3. The number of hydrogen-bond acceptors (Lipinski definition) is 5. The quantitative estimate of drug-likeness (QED) is 0.597. The lowest BCUT2D eigenvalue weighted by Gasteiger charge is -2.16. The first kappa shape index (κ1) is 21.0. The Hall–Kier alpha value is -3.23. The van der Waals surface area contributed by atoms with Crippen molar-refractivity contribution in [1.29, 1.82) is 0 Å². The van der Waals surface area contributed by atoms with Crippen LogP contribution in [0.15, 0.2) is 53.9 Å². The summed E-state index contributed by atoms with van der Waals surface area (Å²) in [6.45, 7) is 1.75. The van der Waals surface area contributed by atoms with Gasteiger partial charge in [-0.3, -0.25) is 14.4 Å². The molecule has 3 aromatic rings. The Morgan fingerprint density at radius 3 is 2.65 bits per heavy atom. The van der Waals surface area contributed by atoms with Gasteiger partial charge < -0.3 is 15.5 Å². The second-order valence-corrected chi connectivity index (χ2v) is 8.47. The molecule has 0 radical (unpaired) electrons. The number of hydrogen-bond donors (Lipinski definition) is 2. The number of aromatic nitrogens is 1. The lowest BCUT2D eigenvalue weighted by atomic mass is 10.1. The van der Waals surface area contributed by atoms with Crippen molar-refractivity contribution in [3.8, 4) is 11.3 Å². The van der Waals surface area contributed by atoms with Crippen LogP contribution < -0.4 is 15.5 Å². The summed E-state index contributed by atoms with van der Waals surface area (Å²) in [4.78, 5) is 42.3. The number of benzene rings is 2. The highest BCUT2D eigenvalue weighted by molar-refractivity contribution is 7.14. The summed E-state index contributed by atoms with van der Waals surface area (Å²) >= 11 is 7.34. The van der Waals surface area contributed by atoms with Gasteiger partial charge in [-0.2, -0.15) is 0 Å². The number of nitrogens with zero attached hydrogens (tertiary/aromatic N) is 2. The van der Waals surface area contributed by atoms with E-state index in [-0.39, 0.29) is 24.1 Å². The van der Waals surface area contributed by atoms with Crippen molar-refractivity contribution < 1.29 is 14.4 Å². The van der Waals surface area contributed by atoms with Crippen molar-refractivity contribution in [2.24, 2.45) is 5.92 Å². The van der Waals surface area contributed by atoms with Crippen LogP contribution in [0, 0.1) is 5.92 Å². The van der Waals surface area contributed by atoms with E-state index < -0.39 is 5.92 Å². The average Bonchev–Trinajstić information content (AvgIpc) is 3.35. The van der Waals surface area contributed by atoms with E-state index in [2.05, 4.69) is 15.6 Å². The fourth-order valence-corrected chi connectivity index (χ4v) is 4.28. The summed E-state index contributed by atoms with van der Waals surface area (Å²) in [5.74, 6) is -0.942. The summed E-state index contributed by atoms with van der Waals surface area (Å²) in [6, 6.07) is 14.3. The van der Waals surface area contributed by atoms with Gasteiger partial charge in [-0.15, -0.1) is 11.3 Å². The number of amides is 3. The van der Waals surface area contributed by atoms with Gasteiger partial charge in [0.25, 0.3) is 0 Å². The van der Waals surface area contributed by atoms with Crippen molar-refractivity contribution in [2.45, 2.75) is 13.3 Å². The van der Waals surface area contributed by atoms with Crippen LogP contribution >= 0.6 is 22.9 Å². The Bertz CT molecular complexity index is 1150. The molecule has 1 aromatic heterocycles. The fourth-order valence-electron chi connectivity index (χ4n) is 3.38. The van der Waals surface area contributed by atoms with Crippen LogP contribution in [0.5, 0.6) is 0 Å². The third-order valence-electron chi connectivity index (χ3n) is 4.85. The van der Waals surface area contributed by atoms with Crippen LogP contribution in [0.2, 0.25) is 5.02 Å². The van der Waals surface area contributed by atoms with E-state index in [1.54, 1.807) is 41.3 Å². The Labute approximate surface area is 188 Å². The molecule has 158 valence electrons. The van der Waals surface area contributed by atoms with E-state index >= 15 is 0 Å². The van der Waals surface area contributed by atoms with Crippen molar-refractivity contribution >= 4 is 57.2 Å². The van der Waals surface area contributed by atoms with Gasteiger partial charge in [0.1, 0.15) is 0 Å². The van der Waals surface area contributed by atoms with E-state index in [0.717, 1.165) is 11.3 Å².